The lowest BCUT2D eigenvalue weighted by molar-refractivity contribution is -0.144. The molecule has 0 atom stereocenters. The van der Waals surface area contributed by atoms with Crippen molar-refractivity contribution < 1.29 is 19.1 Å². The minimum atomic E-state index is -0.295. The van der Waals surface area contributed by atoms with Crippen LogP contribution in [0.5, 0.6) is 0 Å². The van der Waals surface area contributed by atoms with Crippen LogP contribution in [-0.4, -0.2) is 48.9 Å². The lowest BCUT2D eigenvalue weighted by Crippen LogP contribution is -2.38. The largest absolute Gasteiger partial charge is 0.466 e. The van der Waals surface area contributed by atoms with Crippen LogP contribution in [0.1, 0.15) is 40.5 Å². The maximum atomic E-state index is 12.0. The predicted molar refractivity (Wildman–Crippen MR) is 76.0 cm³/mol. The summed E-state index contributed by atoms with van der Waals surface area (Å²) in [5.41, 5.74) is 0. The Morgan fingerprint density at radius 1 is 1.20 bits per heavy atom. The van der Waals surface area contributed by atoms with Crippen LogP contribution >= 0.6 is 0 Å². The van der Waals surface area contributed by atoms with Crippen molar-refractivity contribution in [3.05, 3.63) is 0 Å². The zero-order chi connectivity index (χ0) is 15.5. The highest BCUT2D eigenvalue weighted by molar-refractivity contribution is 5.79. The zero-order valence-corrected chi connectivity index (χ0v) is 12.9. The number of carbonyl (C=O) groups excluding carboxylic acids is 3. The summed E-state index contributed by atoms with van der Waals surface area (Å²) in [6.07, 6.45) is 0.868. The summed E-state index contributed by atoms with van der Waals surface area (Å²) in [5.74, 6) is -0.482. The molecule has 0 bridgehead atoms. The highest BCUT2D eigenvalue weighted by atomic mass is 16.5. The van der Waals surface area contributed by atoms with Gasteiger partial charge in [0.25, 0.3) is 0 Å². The second-order valence-corrected chi connectivity index (χ2v) is 4.87. The van der Waals surface area contributed by atoms with Crippen LogP contribution in [0.4, 0.5) is 0 Å². The van der Waals surface area contributed by atoms with E-state index in [2.05, 4.69) is 5.32 Å². The van der Waals surface area contributed by atoms with E-state index in [1.165, 1.54) is 6.92 Å². The molecule has 0 aliphatic heterocycles. The summed E-state index contributed by atoms with van der Waals surface area (Å²) in [6.45, 7) is 8.61. The first-order valence-electron chi connectivity index (χ1n) is 7.07. The van der Waals surface area contributed by atoms with Gasteiger partial charge in [-0.05, 0) is 13.3 Å². The minimum absolute atomic E-state index is 0.0112. The van der Waals surface area contributed by atoms with E-state index in [0.29, 0.717) is 32.7 Å². The number of hydrogen-bond acceptors (Lipinski definition) is 4. The molecule has 0 fully saturated rings. The van der Waals surface area contributed by atoms with Crippen molar-refractivity contribution in [2.24, 2.45) is 5.92 Å². The maximum Gasteiger partial charge on any atom is 0.307 e. The van der Waals surface area contributed by atoms with Crippen molar-refractivity contribution in [3.63, 3.8) is 0 Å². The summed E-state index contributed by atoms with van der Waals surface area (Å²) in [5, 5.41) is 2.69. The van der Waals surface area contributed by atoms with Gasteiger partial charge in [-0.15, -0.1) is 0 Å². The van der Waals surface area contributed by atoms with Crippen molar-refractivity contribution in [1.29, 1.82) is 0 Å². The molecule has 0 unspecified atom stereocenters. The van der Waals surface area contributed by atoms with Gasteiger partial charge in [0.05, 0.1) is 13.0 Å². The smallest absolute Gasteiger partial charge is 0.307 e. The van der Waals surface area contributed by atoms with E-state index >= 15 is 0 Å². The first-order chi connectivity index (χ1) is 9.38. The summed E-state index contributed by atoms with van der Waals surface area (Å²) in [4.78, 5) is 35.8. The molecule has 1 N–H and O–H groups in total. The van der Waals surface area contributed by atoms with Crippen molar-refractivity contribution in [2.75, 3.05) is 26.2 Å². The van der Waals surface area contributed by atoms with Crippen LogP contribution in [0.25, 0.3) is 0 Å². The summed E-state index contributed by atoms with van der Waals surface area (Å²) in [7, 11) is 0. The quantitative estimate of drug-likeness (QED) is 0.506. The van der Waals surface area contributed by atoms with Gasteiger partial charge in [-0.25, -0.2) is 0 Å². The SMILES string of the molecule is CCOC(=O)CCN(CCCNC(C)=O)C(=O)C(C)C. The molecular weight excluding hydrogens is 260 g/mol. The van der Waals surface area contributed by atoms with E-state index in [4.69, 9.17) is 4.74 Å². The molecule has 0 aromatic heterocycles. The van der Waals surface area contributed by atoms with Gasteiger partial charge in [0.15, 0.2) is 0 Å². The molecular formula is C14H26N2O4. The third-order valence-corrected chi connectivity index (χ3v) is 2.68. The summed E-state index contributed by atoms with van der Waals surface area (Å²) >= 11 is 0. The van der Waals surface area contributed by atoms with Gasteiger partial charge in [0, 0.05) is 32.5 Å². The maximum absolute atomic E-state index is 12.0. The molecule has 0 saturated carbocycles. The van der Waals surface area contributed by atoms with Crippen molar-refractivity contribution in [1.82, 2.24) is 10.2 Å². The molecule has 0 aromatic rings. The average Bonchev–Trinajstić information content (AvgIpc) is 2.37. The summed E-state index contributed by atoms with van der Waals surface area (Å²) < 4.78 is 4.86. The second-order valence-electron chi connectivity index (χ2n) is 4.87. The number of esters is 1. The second kappa shape index (κ2) is 10.2. The number of hydrogen-bond donors (Lipinski definition) is 1. The summed E-state index contributed by atoms with van der Waals surface area (Å²) in [6, 6.07) is 0. The Hall–Kier alpha value is -1.59. The molecule has 6 heteroatoms. The number of rotatable bonds is 9. The van der Waals surface area contributed by atoms with Crippen molar-refractivity contribution >= 4 is 17.8 Å². The Morgan fingerprint density at radius 3 is 2.35 bits per heavy atom. The standard InChI is InChI=1S/C14H26N2O4/c1-5-20-13(18)7-10-16(14(19)11(2)3)9-6-8-15-12(4)17/h11H,5-10H2,1-4H3,(H,15,17). The van der Waals surface area contributed by atoms with E-state index in [1.54, 1.807) is 11.8 Å². The van der Waals surface area contributed by atoms with Crippen LogP contribution in [0.3, 0.4) is 0 Å². The molecule has 2 amide bonds. The molecule has 0 radical (unpaired) electrons. The van der Waals surface area contributed by atoms with Gasteiger partial charge in [0.2, 0.25) is 11.8 Å². The van der Waals surface area contributed by atoms with Crippen molar-refractivity contribution in [3.8, 4) is 0 Å². The highest BCUT2D eigenvalue weighted by Gasteiger charge is 2.17. The van der Waals surface area contributed by atoms with E-state index in [0.717, 1.165) is 0 Å². The number of carbonyl (C=O) groups is 3. The Kier molecular flexibility index (Phi) is 9.41. The molecule has 0 aliphatic rings. The monoisotopic (exact) mass is 286 g/mol. The number of amides is 2. The molecule has 0 aromatic carbocycles. The van der Waals surface area contributed by atoms with Gasteiger partial charge < -0.3 is 15.0 Å². The van der Waals surface area contributed by atoms with Crippen molar-refractivity contribution in [2.45, 2.75) is 40.5 Å². The van der Waals surface area contributed by atoms with E-state index in [9.17, 15) is 14.4 Å². The fourth-order valence-electron chi connectivity index (χ4n) is 1.69. The van der Waals surface area contributed by atoms with Crippen LogP contribution in [0.2, 0.25) is 0 Å². The van der Waals surface area contributed by atoms with E-state index < -0.39 is 0 Å². The third kappa shape index (κ3) is 8.50. The first kappa shape index (κ1) is 18.4. The van der Waals surface area contributed by atoms with Crippen LogP contribution in [-0.2, 0) is 19.1 Å². The molecule has 6 nitrogen and oxygen atoms in total. The molecule has 0 aliphatic carbocycles. The average molecular weight is 286 g/mol. The van der Waals surface area contributed by atoms with Crippen LogP contribution in [0, 0.1) is 5.92 Å². The predicted octanol–water partition coefficient (Wildman–Crippen LogP) is 0.950. The minimum Gasteiger partial charge on any atom is -0.466 e. The Morgan fingerprint density at radius 2 is 1.85 bits per heavy atom. The van der Waals surface area contributed by atoms with Gasteiger partial charge in [-0.1, -0.05) is 13.8 Å². The number of nitrogens with one attached hydrogen (secondary N) is 1. The van der Waals surface area contributed by atoms with Crippen LogP contribution < -0.4 is 5.32 Å². The lowest BCUT2D eigenvalue weighted by Gasteiger charge is -2.24. The number of nitrogens with zero attached hydrogens (tertiary/aromatic N) is 1. The van der Waals surface area contributed by atoms with E-state index in [-0.39, 0.29) is 30.1 Å². The third-order valence-electron chi connectivity index (χ3n) is 2.68. The first-order valence-corrected chi connectivity index (χ1v) is 7.07. The van der Waals surface area contributed by atoms with Gasteiger partial charge in [-0.3, -0.25) is 14.4 Å². The van der Waals surface area contributed by atoms with Gasteiger partial charge >= 0.3 is 5.97 Å². The fourth-order valence-corrected chi connectivity index (χ4v) is 1.69. The topological polar surface area (TPSA) is 75.7 Å². The van der Waals surface area contributed by atoms with Gasteiger partial charge in [-0.2, -0.15) is 0 Å². The lowest BCUT2D eigenvalue weighted by atomic mass is 10.1. The zero-order valence-electron chi connectivity index (χ0n) is 12.9. The highest BCUT2D eigenvalue weighted by Crippen LogP contribution is 2.04. The fraction of sp³-hybridized carbons (Fsp3) is 0.786. The molecule has 0 rings (SSSR count). The molecule has 0 spiro atoms. The normalized spacial score (nSPS) is 10.2. The molecule has 20 heavy (non-hydrogen) atoms. The van der Waals surface area contributed by atoms with Gasteiger partial charge in [0.1, 0.15) is 0 Å². The number of ether oxygens (including phenoxy) is 1. The van der Waals surface area contributed by atoms with E-state index in [1.807, 2.05) is 13.8 Å². The Balaban J connectivity index is 4.24. The molecule has 116 valence electrons. The molecule has 0 saturated heterocycles. The Labute approximate surface area is 120 Å². The Bertz CT molecular complexity index is 329. The molecule has 0 heterocycles. The van der Waals surface area contributed by atoms with Crippen LogP contribution in [0.15, 0.2) is 0 Å².